The lowest BCUT2D eigenvalue weighted by Crippen LogP contribution is -2.51. The molecule has 1 N–H and O–H groups in total. The van der Waals surface area contributed by atoms with Crippen LogP contribution in [-0.4, -0.2) is 23.9 Å². The fourth-order valence-electron chi connectivity index (χ4n) is 6.30. The van der Waals surface area contributed by atoms with Crippen LogP contribution in [0.5, 0.6) is 0 Å². The maximum atomic E-state index is 10.8. The van der Waals surface area contributed by atoms with Gasteiger partial charge in [0.05, 0.1) is 12.2 Å². The van der Waals surface area contributed by atoms with E-state index in [1.807, 2.05) is 0 Å². The molecule has 0 spiro atoms. The van der Waals surface area contributed by atoms with E-state index in [9.17, 15) is 5.11 Å². The van der Waals surface area contributed by atoms with Crippen LogP contribution in [0.4, 0.5) is 0 Å². The SMILES string of the molecule is OC(CCCC1CCCO1)C12CC3CC(CC(C3)C1)C2. The van der Waals surface area contributed by atoms with Gasteiger partial charge in [0.2, 0.25) is 0 Å². The van der Waals surface area contributed by atoms with E-state index in [-0.39, 0.29) is 6.10 Å². The van der Waals surface area contributed by atoms with Crippen molar-refractivity contribution in [2.24, 2.45) is 23.2 Å². The molecule has 0 aromatic heterocycles. The van der Waals surface area contributed by atoms with E-state index in [4.69, 9.17) is 4.74 Å². The Kier molecular flexibility index (Phi) is 3.58. The van der Waals surface area contributed by atoms with Crippen LogP contribution in [0, 0.1) is 23.2 Å². The molecule has 0 amide bonds. The molecule has 1 aliphatic heterocycles. The van der Waals surface area contributed by atoms with E-state index < -0.39 is 0 Å². The van der Waals surface area contributed by atoms with Gasteiger partial charge in [-0.15, -0.1) is 0 Å². The van der Waals surface area contributed by atoms with Crippen LogP contribution in [0.25, 0.3) is 0 Å². The minimum atomic E-state index is -0.0303. The van der Waals surface area contributed by atoms with Crippen LogP contribution in [-0.2, 0) is 4.74 Å². The van der Waals surface area contributed by atoms with Crippen molar-refractivity contribution in [2.75, 3.05) is 6.61 Å². The molecule has 4 saturated carbocycles. The first-order valence-electron chi connectivity index (χ1n) is 9.03. The first kappa shape index (κ1) is 13.6. The summed E-state index contributed by atoms with van der Waals surface area (Å²) in [5.74, 6) is 2.86. The van der Waals surface area contributed by atoms with Gasteiger partial charge in [-0.3, -0.25) is 0 Å². The van der Waals surface area contributed by atoms with Crippen molar-refractivity contribution in [3.63, 3.8) is 0 Å². The second-order valence-electron chi connectivity index (χ2n) is 8.36. The molecule has 4 bridgehead atoms. The quantitative estimate of drug-likeness (QED) is 0.826. The van der Waals surface area contributed by atoms with Crippen LogP contribution >= 0.6 is 0 Å². The van der Waals surface area contributed by atoms with Gasteiger partial charge in [-0.1, -0.05) is 0 Å². The Morgan fingerprint density at radius 1 is 1.05 bits per heavy atom. The predicted octanol–water partition coefficient (Wildman–Crippen LogP) is 3.91. The smallest absolute Gasteiger partial charge is 0.0596 e. The van der Waals surface area contributed by atoms with E-state index in [1.54, 1.807) is 0 Å². The van der Waals surface area contributed by atoms with Gasteiger partial charge in [-0.05, 0) is 93.8 Å². The van der Waals surface area contributed by atoms with Crippen molar-refractivity contribution in [1.82, 2.24) is 0 Å². The maximum absolute atomic E-state index is 10.8. The predicted molar refractivity (Wildman–Crippen MR) is 79.4 cm³/mol. The molecule has 1 heterocycles. The summed E-state index contributed by atoms with van der Waals surface area (Å²) >= 11 is 0. The minimum Gasteiger partial charge on any atom is -0.393 e. The third kappa shape index (κ3) is 2.43. The van der Waals surface area contributed by atoms with E-state index in [1.165, 1.54) is 57.8 Å². The highest BCUT2D eigenvalue weighted by Crippen LogP contribution is 2.61. The number of rotatable bonds is 5. The Morgan fingerprint density at radius 3 is 2.25 bits per heavy atom. The fourth-order valence-corrected chi connectivity index (χ4v) is 6.30. The lowest BCUT2D eigenvalue weighted by molar-refractivity contribution is -0.122. The highest BCUT2D eigenvalue weighted by molar-refractivity contribution is 5.04. The molecule has 1 saturated heterocycles. The summed E-state index contributed by atoms with van der Waals surface area (Å²) in [6.07, 6.45) is 14.7. The Hall–Kier alpha value is -0.0800. The van der Waals surface area contributed by atoms with E-state index in [0.29, 0.717) is 11.5 Å². The summed E-state index contributed by atoms with van der Waals surface area (Å²) in [6, 6.07) is 0. The normalized spacial score (nSPS) is 47.9. The Labute approximate surface area is 123 Å². The average molecular weight is 278 g/mol. The number of aliphatic hydroxyl groups excluding tert-OH is 1. The molecule has 4 aliphatic carbocycles. The molecule has 2 heteroatoms. The summed E-state index contributed by atoms with van der Waals surface area (Å²) in [5, 5.41) is 10.8. The molecular weight excluding hydrogens is 248 g/mol. The molecule has 114 valence electrons. The summed E-state index contributed by atoms with van der Waals surface area (Å²) < 4.78 is 5.70. The fraction of sp³-hybridized carbons (Fsp3) is 1.00. The second kappa shape index (κ2) is 5.28. The molecule has 2 nitrogen and oxygen atoms in total. The lowest BCUT2D eigenvalue weighted by atomic mass is 9.48. The maximum Gasteiger partial charge on any atom is 0.0596 e. The first-order chi connectivity index (χ1) is 9.73. The molecule has 0 radical (unpaired) electrons. The van der Waals surface area contributed by atoms with Crippen molar-refractivity contribution in [2.45, 2.75) is 82.8 Å². The van der Waals surface area contributed by atoms with Crippen LogP contribution in [0.1, 0.15) is 70.6 Å². The Morgan fingerprint density at radius 2 is 1.70 bits per heavy atom. The van der Waals surface area contributed by atoms with Crippen molar-refractivity contribution >= 4 is 0 Å². The summed E-state index contributed by atoms with van der Waals surface area (Å²) in [4.78, 5) is 0. The van der Waals surface area contributed by atoms with Gasteiger partial charge in [0.1, 0.15) is 0 Å². The molecule has 2 unspecified atom stereocenters. The molecule has 0 aromatic carbocycles. The van der Waals surface area contributed by atoms with Crippen molar-refractivity contribution in [1.29, 1.82) is 0 Å². The highest BCUT2D eigenvalue weighted by atomic mass is 16.5. The van der Waals surface area contributed by atoms with Gasteiger partial charge in [0, 0.05) is 6.61 Å². The molecule has 5 fully saturated rings. The van der Waals surface area contributed by atoms with Gasteiger partial charge in [-0.2, -0.15) is 0 Å². The van der Waals surface area contributed by atoms with Crippen LogP contribution in [0.3, 0.4) is 0 Å². The lowest BCUT2D eigenvalue weighted by Gasteiger charge is -2.58. The number of aliphatic hydroxyl groups is 1. The summed E-state index contributed by atoms with van der Waals surface area (Å²) in [7, 11) is 0. The highest BCUT2D eigenvalue weighted by Gasteiger charge is 2.53. The van der Waals surface area contributed by atoms with Crippen molar-refractivity contribution < 1.29 is 9.84 Å². The largest absolute Gasteiger partial charge is 0.393 e. The summed E-state index contributed by atoms with van der Waals surface area (Å²) in [6.45, 7) is 0.961. The Bertz CT molecular complexity index is 310. The number of hydrogen-bond donors (Lipinski definition) is 1. The topological polar surface area (TPSA) is 29.5 Å². The van der Waals surface area contributed by atoms with Gasteiger partial charge in [-0.25, -0.2) is 0 Å². The zero-order valence-electron chi connectivity index (χ0n) is 12.7. The monoisotopic (exact) mass is 278 g/mol. The molecule has 20 heavy (non-hydrogen) atoms. The van der Waals surface area contributed by atoms with Gasteiger partial charge in [0.25, 0.3) is 0 Å². The number of hydrogen-bond acceptors (Lipinski definition) is 2. The van der Waals surface area contributed by atoms with E-state index in [2.05, 4.69) is 0 Å². The Balaban J connectivity index is 1.32. The van der Waals surface area contributed by atoms with Crippen molar-refractivity contribution in [3.05, 3.63) is 0 Å². The first-order valence-corrected chi connectivity index (χ1v) is 9.03. The van der Waals surface area contributed by atoms with Crippen molar-refractivity contribution in [3.8, 4) is 0 Å². The number of ether oxygens (including phenoxy) is 1. The second-order valence-corrected chi connectivity index (χ2v) is 8.36. The van der Waals surface area contributed by atoms with E-state index >= 15 is 0 Å². The molecule has 5 rings (SSSR count). The molecule has 0 aromatic rings. The average Bonchev–Trinajstić information content (AvgIpc) is 2.90. The zero-order chi connectivity index (χ0) is 13.6. The third-order valence-corrected chi connectivity index (χ3v) is 6.82. The third-order valence-electron chi connectivity index (χ3n) is 6.82. The molecule has 5 aliphatic rings. The standard InChI is InChI=1S/C18H30O2/c19-17(5-1-3-16-4-2-6-20-16)18-10-13-7-14(11-18)9-15(8-13)12-18/h13-17,19H,1-12H2. The molecular formula is C18H30O2. The van der Waals surface area contributed by atoms with Crippen LogP contribution in [0.2, 0.25) is 0 Å². The van der Waals surface area contributed by atoms with Gasteiger partial charge < -0.3 is 9.84 Å². The zero-order valence-corrected chi connectivity index (χ0v) is 12.7. The van der Waals surface area contributed by atoms with Crippen LogP contribution < -0.4 is 0 Å². The molecule has 2 atom stereocenters. The van der Waals surface area contributed by atoms with E-state index in [0.717, 1.165) is 37.2 Å². The minimum absolute atomic E-state index is 0.0303. The van der Waals surface area contributed by atoms with Crippen LogP contribution in [0.15, 0.2) is 0 Å². The summed E-state index contributed by atoms with van der Waals surface area (Å²) in [5.41, 5.74) is 0.325. The van der Waals surface area contributed by atoms with Gasteiger partial charge in [0.15, 0.2) is 0 Å². The van der Waals surface area contributed by atoms with Gasteiger partial charge >= 0.3 is 0 Å².